The Bertz CT molecular complexity index is 582. The van der Waals surface area contributed by atoms with Crippen LogP contribution in [0.15, 0.2) is 36.4 Å². The smallest absolute Gasteiger partial charge is 0.333 e. The zero-order chi connectivity index (χ0) is 13.8. The van der Waals surface area contributed by atoms with Crippen LogP contribution in [0, 0.1) is 6.92 Å². The van der Waals surface area contributed by atoms with Crippen molar-refractivity contribution in [1.29, 1.82) is 0 Å². The summed E-state index contributed by atoms with van der Waals surface area (Å²) >= 11 is 7.50. The fraction of sp³-hybridized carbons (Fsp3) is 0.214. The first-order chi connectivity index (χ1) is 9.10. The summed E-state index contributed by atoms with van der Waals surface area (Å²) in [6, 6.07) is 10.7. The first-order valence-corrected chi connectivity index (χ1v) is 6.96. The number of ether oxygens (including phenoxy) is 1. The fourth-order valence-corrected chi connectivity index (χ4v) is 2.82. The number of rotatable bonds is 4. The van der Waals surface area contributed by atoms with Gasteiger partial charge < -0.3 is 10.1 Å². The number of hydrogen-bond donors (Lipinski definition) is 1. The third-order valence-corrected chi connectivity index (χ3v) is 3.92. The number of hydrogen-bond acceptors (Lipinski definition) is 4. The van der Waals surface area contributed by atoms with Gasteiger partial charge in [0.05, 0.1) is 7.11 Å². The Hall–Kier alpha value is -1.52. The number of methoxy groups -OCH3 is 1. The molecule has 0 fully saturated rings. The molecule has 1 unspecified atom stereocenters. The third kappa shape index (κ3) is 3.49. The van der Waals surface area contributed by atoms with Gasteiger partial charge >= 0.3 is 5.97 Å². The molecule has 3 nitrogen and oxygen atoms in total. The lowest BCUT2D eigenvalue weighted by atomic mass is 10.2. The first kappa shape index (κ1) is 13.9. The van der Waals surface area contributed by atoms with E-state index in [1.165, 1.54) is 7.11 Å². The molecule has 0 aliphatic carbocycles. The predicted molar refractivity (Wildman–Crippen MR) is 78.9 cm³/mol. The summed E-state index contributed by atoms with van der Waals surface area (Å²) in [5, 5.41) is 3.77. The van der Waals surface area contributed by atoms with Gasteiger partial charge in [-0.3, -0.25) is 0 Å². The topological polar surface area (TPSA) is 38.3 Å². The van der Waals surface area contributed by atoms with E-state index in [1.54, 1.807) is 23.5 Å². The van der Waals surface area contributed by atoms with E-state index < -0.39 is 6.04 Å². The second kappa shape index (κ2) is 6.08. The van der Waals surface area contributed by atoms with Crippen molar-refractivity contribution >= 4 is 34.6 Å². The first-order valence-electron chi connectivity index (χ1n) is 5.76. The van der Waals surface area contributed by atoms with Crippen molar-refractivity contribution in [3.8, 4) is 0 Å². The highest BCUT2D eigenvalue weighted by atomic mass is 35.5. The molecule has 5 heteroatoms. The van der Waals surface area contributed by atoms with E-state index >= 15 is 0 Å². The van der Waals surface area contributed by atoms with Crippen LogP contribution in [0.5, 0.6) is 0 Å². The van der Waals surface area contributed by atoms with E-state index in [-0.39, 0.29) is 5.97 Å². The molecule has 0 amide bonds. The van der Waals surface area contributed by atoms with Gasteiger partial charge in [0.15, 0.2) is 6.04 Å². The van der Waals surface area contributed by atoms with Gasteiger partial charge in [0, 0.05) is 20.5 Å². The molecule has 1 heterocycles. The van der Waals surface area contributed by atoms with Crippen molar-refractivity contribution in [3.05, 3.63) is 51.2 Å². The van der Waals surface area contributed by atoms with E-state index in [9.17, 15) is 4.79 Å². The Morgan fingerprint density at radius 1 is 1.37 bits per heavy atom. The second-order valence-corrected chi connectivity index (χ2v) is 5.82. The summed E-state index contributed by atoms with van der Waals surface area (Å²) < 4.78 is 4.85. The molecule has 1 aromatic carbocycles. The molecule has 0 bridgehead atoms. The molecule has 1 atom stereocenters. The lowest BCUT2D eigenvalue weighted by Crippen LogP contribution is -2.21. The monoisotopic (exact) mass is 295 g/mol. The van der Waals surface area contributed by atoms with Crippen LogP contribution in [0.4, 0.5) is 5.69 Å². The van der Waals surface area contributed by atoms with Crippen LogP contribution in [-0.2, 0) is 9.53 Å². The molecule has 2 aromatic rings. The van der Waals surface area contributed by atoms with E-state index in [0.29, 0.717) is 5.02 Å². The predicted octanol–water partition coefficient (Wildman–Crippen LogP) is 4.04. The second-order valence-electron chi connectivity index (χ2n) is 4.06. The number of esters is 1. The highest BCUT2D eigenvalue weighted by molar-refractivity contribution is 7.12. The molecular formula is C14H14ClNO2S. The molecular weight excluding hydrogens is 282 g/mol. The van der Waals surface area contributed by atoms with Gasteiger partial charge in [0.25, 0.3) is 0 Å². The SMILES string of the molecule is COC(=O)C(Nc1cccc(Cl)c1)c1ccc(C)s1. The average molecular weight is 296 g/mol. The zero-order valence-electron chi connectivity index (χ0n) is 10.6. The largest absolute Gasteiger partial charge is 0.467 e. The maximum Gasteiger partial charge on any atom is 0.333 e. The van der Waals surface area contributed by atoms with Crippen molar-refractivity contribution < 1.29 is 9.53 Å². The molecule has 0 saturated carbocycles. The number of carbonyl (C=O) groups is 1. The maximum atomic E-state index is 11.9. The van der Waals surface area contributed by atoms with Crippen LogP contribution in [0.1, 0.15) is 15.8 Å². The summed E-state index contributed by atoms with van der Waals surface area (Å²) in [6.07, 6.45) is 0. The van der Waals surface area contributed by atoms with Crippen LogP contribution < -0.4 is 5.32 Å². The molecule has 0 spiro atoms. The number of nitrogens with one attached hydrogen (secondary N) is 1. The number of anilines is 1. The van der Waals surface area contributed by atoms with Crippen molar-refractivity contribution in [2.45, 2.75) is 13.0 Å². The molecule has 0 saturated heterocycles. The van der Waals surface area contributed by atoms with Crippen molar-refractivity contribution in [3.63, 3.8) is 0 Å². The number of thiophene rings is 1. The van der Waals surface area contributed by atoms with Gasteiger partial charge in [0.1, 0.15) is 0 Å². The number of carbonyl (C=O) groups excluding carboxylic acids is 1. The van der Waals surface area contributed by atoms with E-state index in [4.69, 9.17) is 16.3 Å². The molecule has 100 valence electrons. The minimum absolute atomic E-state index is 0.318. The van der Waals surface area contributed by atoms with Gasteiger partial charge in [-0.1, -0.05) is 17.7 Å². The van der Waals surface area contributed by atoms with Crippen molar-refractivity contribution in [2.24, 2.45) is 0 Å². The normalized spacial score (nSPS) is 11.9. The average Bonchev–Trinajstić information content (AvgIpc) is 2.81. The summed E-state index contributed by atoms with van der Waals surface area (Å²) in [7, 11) is 1.38. The molecule has 1 aromatic heterocycles. The molecule has 2 rings (SSSR count). The van der Waals surface area contributed by atoms with Gasteiger partial charge in [-0.05, 0) is 37.3 Å². The van der Waals surface area contributed by atoms with Crippen LogP contribution >= 0.6 is 22.9 Å². The van der Waals surface area contributed by atoms with Crippen LogP contribution in [0.25, 0.3) is 0 Å². The number of benzene rings is 1. The van der Waals surface area contributed by atoms with Crippen LogP contribution in [-0.4, -0.2) is 13.1 Å². The summed E-state index contributed by atoms with van der Waals surface area (Å²) in [4.78, 5) is 14.0. The summed E-state index contributed by atoms with van der Waals surface area (Å²) in [6.45, 7) is 2.00. The maximum absolute atomic E-state index is 11.9. The lowest BCUT2D eigenvalue weighted by molar-refractivity contribution is -0.141. The Labute approximate surface area is 121 Å². The number of halogens is 1. The highest BCUT2D eigenvalue weighted by Crippen LogP contribution is 2.28. The summed E-state index contributed by atoms with van der Waals surface area (Å²) in [5.41, 5.74) is 0.786. The summed E-state index contributed by atoms with van der Waals surface area (Å²) in [5.74, 6) is -0.318. The van der Waals surface area contributed by atoms with Crippen LogP contribution in [0.3, 0.4) is 0 Å². The molecule has 0 radical (unpaired) electrons. The van der Waals surface area contributed by atoms with E-state index in [1.807, 2.05) is 31.2 Å². The van der Waals surface area contributed by atoms with Crippen molar-refractivity contribution in [1.82, 2.24) is 0 Å². The molecule has 1 N–H and O–H groups in total. The molecule has 19 heavy (non-hydrogen) atoms. The molecule has 0 aliphatic heterocycles. The van der Waals surface area contributed by atoms with Crippen LogP contribution in [0.2, 0.25) is 5.02 Å². The highest BCUT2D eigenvalue weighted by Gasteiger charge is 2.22. The Kier molecular flexibility index (Phi) is 4.45. The Morgan fingerprint density at radius 2 is 2.16 bits per heavy atom. The Balaban J connectivity index is 2.26. The Morgan fingerprint density at radius 3 is 2.74 bits per heavy atom. The van der Waals surface area contributed by atoms with Gasteiger partial charge in [-0.2, -0.15) is 0 Å². The lowest BCUT2D eigenvalue weighted by Gasteiger charge is -2.16. The van der Waals surface area contributed by atoms with E-state index in [0.717, 1.165) is 15.4 Å². The van der Waals surface area contributed by atoms with Crippen molar-refractivity contribution in [2.75, 3.05) is 12.4 Å². The minimum atomic E-state index is -0.512. The minimum Gasteiger partial charge on any atom is -0.467 e. The third-order valence-electron chi connectivity index (χ3n) is 2.62. The standard InChI is InChI=1S/C14H14ClNO2S/c1-9-6-7-12(19-9)13(14(17)18-2)16-11-5-3-4-10(15)8-11/h3-8,13,16H,1-2H3. The van der Waals surface area contributed by atoms with Gasteiger partial charge in [-0.15, -0.1) is 11.3 Å². The quantitative estimate of drug-likeness (QED) is 0.865. The van der Waals surface area contributed by atoms with Gasteiger partial charge in [-0.25, -0.2) is 4.79 Å². The molecule has 0 aliphatic rings. The van der Waals surface area contributed by atoms with Gasteiger partial charge in [0.2, 0.25) is 0 Å². The fourth-order valence-electron chi connectivity index (χ4n) is 1.72. The van der Waals surface area contributed by atoms with E-state index in [2.05, 4.69) is 5.32 Å². The zero-order valence-corrected chi connectivity index (χ0v) is 12.2. The number of aryl methyl sites for hydroxylation is 1.